The van der Waals surface area contributed by atoms with E-state index in [1.807, 2.05) is 72.8 Å². The van der Waals surface area contributed by atoms with Gasteiger partial charge in [-0.25, -0.2) is 14.8 Å². The lowest BCUT2D eigenvalue weighted by Gasteiger charge is -2.18. The maximum atomic E-state index is 13.2. The van der Waals surface area contributed by atoms with E-state index in [1.165, 1.54) is 23.5 Å². The first-order valence-electron chi connectivity index (χ1n) is 14.7. The van der Waals surface area contributed by atoms with Crippen LogP contribution in [0.1, 0.15) is 32.4 Å². The van der Waals surface area contributed by atoms with Crippen LogP contribution in [0.5, 0.6) is 11.5 Å². The standard InChI is InChI=1S/C36H28N4O6S2/c1-19-27-17-23(47-21-9-5-3-6-10-21)13-15-25(27)31(41)29(37-19)34(43)39-33(36(45)46)40-35(44)30-32(42)26-16-14-24(18-28(26)20(2)38-30)48-22-11-7-4-8-12-22/h3-18,33,41-42H,1-2H3,(H,39,43)(H,40,44)(H,45,46). The van der Waals surface area contributed by atoms with Crippen molar-refractivity contribution in [2.45, 2.75) is 39.6 Å². The molecule has 0 radical (unpaired) electrons. The zero-order valence-corrected chi connectivity index (χ0v) is 27.2. The molecule has 6 rings (SSSR count). The Bertz CT molecular complexity index is 2060. The van der Waals surface area contributed by atoms with Gasteiger partial charge in [0, 0.05) is 52.5 Å². The van der Waals surface area contributed by atoms with Gasteiger partial charge in [-0.15, -0.1) is 0 Å². The van der Waals surface area contributed by atoms with E-state index < -0.39 is 46.8 Å². The third kappa shape index (κ3) is 6.75. The number of fused-ring (bicyclic) bond motifs is 2. The fourth-order valence-corrected chi connectivity index (χ4v) is 6.88. The molecule has 6 aromatic rings. The van der Waals surface area contributed by atoms with Crippen molar-refractivity contribution in [2.75, 3.05) is 0 Å². The number of aromatic nitrogens is 2. The summed E-state index contributed by atoms with van der Waals surface area (Å²) in [6.07, 6.45) is -1.94. The average molecular weight is 677 g/mol. The van der Waals surface area contributed by atoms with Gasteiger partial charge in [-0.05, 0) is 74.5 Å². The Kier molecular flexibility index (Phi) is 9.19. The number of carboxylic acid groups (broad SMARTS) is 1. The number of pyridine rings is 2. The molecule has 2 heterocycles. The quantitative estimate of drug-likeness (QED) is 0.104. The van der Waals surface area contributed by atoms with Crippen LogP contribution in [-0.2, 0) is 4.79 Å². The molecule has 5 N–H and O–H groups in total. The number of hydrogen-bond donors (Lipinski definition) is 5. The van der Waals surface area contributed by atoms with E-state index in [4.69, 9.17) is 0 Å². The zero-order valence-electron chi connectivity index (χ0n) is 25.6. The maximum absolute atomic E-state index is 13.2. The fraction of sp³-hybridized carbons (Fsp3) is 0.0833. The summed E-state index contributed by atoms with van der Waals surface area (Å²) in [5.41, 5.74) is 0.0576. The number of carboxylic acids is 1. The molecular weight excluding hydrogens is 649 g/mol. The highest BCUT2D eigenvalue weighted by Crippen LogP contribution is 2.36. The van der Waals surface area contributed by atoms with Crippen molar-refractivity contribution in [3.05, 3.63) is 120 Å². The Labute approximate surface area is 283 Å². The first kappa shape index (κ1) is 32.4. The molecule has 10 nitrogen and oxygen atoms in total. The second-order valence-electron chi connectivity index (χ2n) is 10.8. The van der Waals surface area contributed by atoms with Crippen molar-refractivity contribution >= 4 is 62.9 Å². The molecule has 0 spiro atoms. The molecule has 0 bridgehead atoms. The minimum atomic E-state index is -1.94. The van der Waals surface area contributed by atoms with Gasteiger partial charge in [0.1, 0.15) is 0 Å². The third-order valence-corrected chi connectivity index (χ3v) is 9.46. The van der Waals surface area contributed by atoms with Gasteiger partial charge in [-0.2, -0.15) is 0 Å². The third-order valence-electron chi connectivity index (χ3n) is 7.47. The highest BCUT2D eigenvalue weighted by Gasteiger charge is 2.28. The topological polar surface area (TPSA) is 162 Å². The average Bonchev–Trinajstić information content (AvgIpc) is 3.08. The summed E-state index contributed by atoms with van der Waals surface area (Å²) in [6.45, 7) is 3.34. The van der Waals surface area contributed by atoms with Crippen molar-refractivity contribution in [3.8, 4) is 11.5 Å². The summed E-state index contributed by atoms with van der Waals surface area (Å²) in [7, 11) is 0. The highest BCUT2D eigenvalue weighted by atomic mass is 32.2. The number of hydrogen-bond acceptors (Lipinski definition) is 9. The number of aromatic hydroxyl groups is 2. The number of nitrogens with one attached hydrogen (secondary N) is 2. The molecule has 4 aromatic carbocycles. The summed E-state index contributed by atoms with van der Waals surface area (Å²) in [5.74, 6) is -4.51. The molecule has 0 saturated heterocycles. The number of benzene rings is 4. The summed E-state index contributed by atoms with van der Waals surface area (Å²) in [6, 6.07) is 30.1. The van der Waals surface area contributed by atoms with Crippen LogP contribution in [-0.4, -0.2) is 49.2 Å². The van der Waals surface area contributed by atoms with Crippen LogP contribution < -0.4 is 10.6 Å². The molecule has 0 aliphatic carbocycles. The van der Waals surface area contributed by atoms with E-state index in [0.717, 1.165) is 19.6 Å². The van der Waals surface area contributed by atoms with E-state index in [1.54, 1.807) is 38.1 Å². The molecule has 0 aliphatic rings. The lowest BCUT2D eigenvalue weighted by atomic mass is 10.1. The minimum absolute atomic E-state index is 0.354. The van der Waals surface area contributed by atoms with Gasteiger partial charge in [0.2, 0.25) is 6.17 Å². The van der Waals surface area contributed by atoms with Crippen LogP contribution in [0.25, 0.3) is 21.5 Å². The Morgan fingerprint density at radius 2 is 0.979 bits per heavy atom. The van der Waals surface area contributed by atoms with Gasteiger partial charge in [-0.1, -0.05) is 59.9 Å². The monoisotopic (exact) mass is 676 g/mol. The lowest BCUT2D eigenvalue weighted by molar-refractivity contribution is -0.139. The second-order valence-corrected chi connectivity index (χ2v) is 13.0. The predicted octanol–water partition coefficient (Wildman–Crippen LogP) is 6.68. The van der Waals surface area contributed by atoms with E-state index in [0.29, 0.717) is 32.9 Å². The summed E-state index contributed by atoms with van der Waals surface area (Å²) >= 11 is 3.06. The SMILES string of the molecule is Cc1nc(C(=O)NC(NC(=O)c2nc(C)c3cc(Sc4ccccc4)ccc3c2O)C(=O)O)c(O)c2ccc(Sc3ccccc3)cc12. The largest absolute Gasteiger partial charge is 0.505 e. The van der Waals surface area contributed by atoms with Crippen molar-refractivity contribution < 1.29 is 29.7 Å². The smallest absolute Gasteiger partial charge is 0.347 e. The minimum Gasteiger partial charge on any atom is -0.505 e. The van der Waals surface area contributed by atoms with Crippen LogP contribution in [0.15, 0.2) is 117 Å². The Morgan fingerprint density at radius 1 is 0.583 bits per heavy atom. The molecule has 48 heavy (non-hydrogen) atoms. The van der Waals surface area contributed by atoms with Crippen molar-refractivity contribution in [3.63, 3.8) is 0 Å². The molecule has 0 saturated carbocycles. The zero-order chi connectivity index (χ0) is 33.9. The molecule has 2 aromatic heterocycles. The van der Waals surface area contributed by atoms with Crippen molar-refractivity contribution in [1.82, 2.24) is 20.6 Å². The maximum Gasteiger partial charge on any atom is 0.347 e. The van der Waals surface area contributed by atoms with Crippen LogP contribution in [0.4, 0.5) is 0 Å². The predicted molar refractivity (Wildman–Crippen MR) is 184 cm³/mol. The van der Waals surface area contributed by atoms with Crippen LogP contribution in [0.3, 0.4) is 0 Å². The van der Waals surface area contributed by atoms with Crippen molar-refractivity contribution in [1.29, 1.82) is 0 Å². The number of aryl methyl sites for hydroxylation is 2. The number of nitrogens with zero attached hydrogens (tertiary/aromatic N) is 2. The molecule has 0 atom stereocenters. The van der Waals surface area contributed by atoms with Gasteiger partial charge in [-0.3, -0.25) is 9.59 Å². The number of amides is 2. The van der Waals surface area contributed by atoms with Gasteiger partial charge >= 0.3 is 5.97 Å². The van der Waals surface area contributed by atoms with Crippen LogP contribution in [0, 0.1) is 13.8 Å². The summed E-state index contributed by atoms with van der Waals surface area (Å²) < 4.78 is 0. The Balaban J connectivity index is 1.21. The molecule has 240 valence electrons. The number of carbonyl (C=O) groups excluding carboxylic acids is 2. The Hall–Kier alpha value is -5.59. The van der Waals surface area contributed by atoms with Gasteiger partial charge in [0.25, 0.3) is 11.8 Å². The van der Waals surface area contributed by atoms with Gasteiger partial charge < -0.3 is 26.0 Å². The molecule has 0 fully saturated rings. The second kappa shape index (κ2) is 13.6. The van der Waals surface area contributed by atoms with Crippen LogP contribution in [0.2, 0.25) is 0 Å². The first-order chi connectivity index (χ1) is 23.1. The molecule has 2 amide bonds. The molecule has 0 unspecified atom stereocenters. The molecular formula is C36H28N4O6S2. The van der Waals surface area contributed by atoms with Crippen LogP contribution >= 0.6 is 23.5 Å². The van der Waals surface area contributed by atoms with E-state index in [9.17, 15) is 29.7 Å². The highest BCUT2D eigenvalue weighted by molar-refractivity contribution is 7.99. The lowest BCUT2D eigenvalue weighted by Crippen LogP contribution is -2.53. The molecule has 0 aliphatic heterocycles. The van der Waals surface area contributed by atoms with E-state index >= 15 is 0 Å². The number of rotatable bonds is 9. The van der Waals surface area contributed by atoms with Gasteiger partial charge in [0.05, 0.1) is 0 Å². The summed E-state index contributed by atoms with van der Waals surface area (Å²) in [5, 5.41) is 38.2. The fourth-order valence-electron chi connectivity index (χ4n) is 5.13. The van der Waals surface area contributed by atoms with Gasteiger partial charge in [0.15, 0.2) is 22.9 Å². The number of aliphatic carboxylic acids is 1. The van der Waals surface area contributed by atoms with Crippen molar-refractivity contribution in [2.24, 2.45) is 0 Å². The molecule has 12 heteroatoms. The van der Waals surface area contributed by atoms with E-state index in [2.05, 4.69) is 20.6 Å². The Morgan fingerprint density at radius 3 is 1.35 bits per heavy atom. The van der Waals surface area contributed by atoms with E-state index in [-0.39, 0.29) is 0 Å². The summed E-state index contributed by atoms with van der Waals surface area (Å²) in [4.78, 5) is 51.0. The normalized spacial score (nSPS) is 11.1. The number of carbonyl (C=O) groups is 3. The first-order valence-corrected chi connectivity index (χ1v) is 16.3.